The Labute approximate surface area is 100 Å². The van der Waals surface area contributed by atoms with Crippen LogP contribution in [-0.2, 0) is 4.74 Å². The largest absolute Gasteiger partial charge is 0.375 e. The first kappa shape index (κ1) is 11.7. The van der Waals surface area contributed by atoms with Gasteiger partial charge in [-0.05, 0) is 19.1 Å². The molecule has 0 radical (unpaired) electrons. The second kappa shape index (κ2) is 5.50. The lowest BCUT2D eigenvalue weighted by atomic mass is 10.2. The zero-order valence-electron chi connectivity index (χ0n) is 9.90. The second-order valence-corrected chi connectivity index (χ2v) is 3.96. The van der Waals surface area contributed by atoms with E-state index >= 15 is 0 Å². The number of para-hydroxylation sites is 1. The molecule has 0 aliphatic rings. The molecular weight excluding hydrogens is 216 g/mol. The minimum Gasteiger partial charge on any atom is -0.375 e. The molecule has 0 spiro atoms. The molecule has 4 nitrogen and oxygen atoms in total. The Morgan fingerprint density at radius 2 is 2.29 bits per heavy atom. The molecule has 2 rings (SSSR count). The number of rotatable bonds is 6. The lowest BCUT2D eigenvalue weighted by Crippen LogP contribution is -2.10. The summed E-state index contributed by atoms with van der Waals surface area (Å²) in [4.78, 5) is 0. The van der Waals surface area contributed by atoms with Gasteiger partial charge in [-0.3, -0.25) is 0 Å². The summed E-state index contributed by atoms with van der Waals surface area (Å²) in [6.07, 6.45) is 0. The molecule has 1 aromatic heterocycles. The summed E-state index contributed by atoms with van der Waals surface area (Å²) in [5, 5.41) is 8.14. The summed E-state index contributed by atoms with van der Waals surface area (Å²) in [6, 6.07) is 7.75. The van der Waals surface area contributed by atoms with Crippen LogP contribution in [0.15, 0.2) is 40.9 Å². The van der Waals surface area contributed by atoms with Crippen LogP contribution in [0.3, 0.4) is 0 Å². The molecule has 4 heteroatoms. The molecule has 0 saturated carbocycles. The number of hydrogen-bond donors (Lipinski definition) is 1. The van der Waals surface area contributed by atoms with Gasteiger partial charge in [0.1, 0.15) is 0 Å². The van der Waals surface area contributed by atoms with Gasteiger partial charge in [0.25, 0.3) is 0 Å². The summed E-state index contributed by atoms with van der Waals surface area (Å²) in [5.41, 5.74) is 1.81. The van der Waals surface area contributed by atoms with E-state index in [4.69, 9.17) is 9.26 Å². The topological polar surface area (TPSA) is 47.3 Å². The Bertz CT molecular complexity index is 505. The number of ether oxygens (including phenoxy) is 1. The van der Waals surface area contributed by atoms with Gasteiger partial charge in [0.15, 0.2) is 11.4 Å². The van der Waals surface area contributed by atoms with Crippen molar-refractivity contribution in [2.24, 2.45) is 0 Å². The van der Waals surface area contributed by atoms with E-state index in [0.717, 1.165) is 22.4 Å². The summed E-state index contributed by atoms with van der Waals surface area (Å²) in [5.74, 6) is 0.763. The fraction of sp³-hybridized carbons (Fsp3) is 0.308. The van der Waals surface area contributed by atoms with Crippen molar-refractivity contribution in [1.29, 1.82) is 0 Å². The van der Waals surface area contributed by atoms with E-state index in [2.05, 4.69) is 17.1 Å². The van der Waals surface area contributed by atoms with Crippen molar-refractivity contribution in [3.05, 3.63) is 36.4 Å². The van der Waals surface area contributed by atoms with Gasteiger partial charge in [-0.15, -0.1) is 0 Å². The van der Waals surface area contributed by atoms with Crippen molar-refractivity contribution in [3.63, 3.8) is 0 Å². The van der Waals surface area contributed by atoms with Crippen molar-refractivity contribution < 1.29 is 9.26 Å². The number of hydrogen-bond acceptors (Lipinski definition) is 4. The highest BCUT2D eigenvalue weighted by Gasteiger charge is 2.05. The lowest BCUT2D eigenvalue weighted by Gasteiger charge is -2.04. The van der Waals surface area contributed by atoms with E-state index in [9.17, 15) is 0 Å². The smallest absolute Gasteiger partial charge is 0.177 e. The fourth-order valence-corrected chi connectivity index (χ4v) is 1.50. The van der Waals surface area contributed by atoms with E-state index < -0.39 is 0 Å². The molecule has 0 atom stereocenters. The maximum atomic E-state index is 5.38. The second-order valence-electron chi connectivity index (χ2n) is 3.96. The number of fused-ring (bicyclic) bond motifs is 1. The Kier molecular flexibility index (Phi) is 3.77. The maximum absolute atomic E-state index is 5.38. The SMILES string of the molecule is C=C(C)COCCNc1noc2ccccc12. The van der Waals surface area contributed by atoms with Crippen molar-refractivity contribution >= 4 is 16.8 Å². The van der Waals surface area contributed by atoms with Gasteiger partial charge in [0.2, 0.25) is 0 Å². The van der Waals surface area contributed by atoms with Crippen LogP contribution >= 0.6 is 0 Å². The first-order valence-electron chi connectivity index (χ1n) is 5.58. The van der Waals surface area contributed by atoms with E-state index in [-0.39, 0.29) is 0 Å². The molecule has 2 aromatic rings. The van der Waals surface area contributed by atoms with E-state index in [1.54, 1.807) is 0 Å². The molecule has 1 heterocycles. The van der Waals surface area contributed by atoms with Crippen LogP contribution in [0.2, 0.25) is 0 Å². The highest BCUT2D eigenvalue weighted by atomic mass is 16.5. The van der Waals surface area contributed by atoms with Crippen LogP contribution in [0.1, 0.15) is 6.92 Å². The molecule has 0 fully saturated rings. The highest BCUT2D eigenvalue weighted by Crippen LogP contribution is 2.21. The van der Waals surface area contributed by atoms with Crippen LogP contribution in [-0.4, -0.2) is 24.9 Å². The number of nitrogens with one attached hydrogen (secondary N) is 1. The lowest BCUT2D eigenvalue weighted by molar-refractivity contribution is 0.167. The normalized spacial score (nSPS) is 10.6. The highest BCUT2D eigenvalue weighted by molar-refractivity contribution is 5.87. The Morgan fingerprint density at radius 1 is 1.47 bits per heavy atom. The van der Waals surface area contributed by atoms with Crippen LogP contribution in [0.25, 0.3) is 11.0 Å². The van der Waals surface area contributed by atoms with Gasteiger partial charge in [-0.2, -0.15) is 0 Å². The van der Waals surface area contributed by atoms with E-state index in [0.29, 0.717) is 19.8 Å². The standard InChI is InChI=1S/C13H16N2O2/c1-10(2)9-16-8-7-14-13-11-5-3-4-6-12(11)17-15-13/h3-6H,1,7-9H2,2H3,(H,14,15). The molecule has 1 aromatic carbocycles. The van der Waals surface area contributed by atoms with E-state index in [1.165, 1.54) is 0 Å². The minimum atomic E-state index is 0.598. The Balaban J connectivity index is 1.85. The number of anilines is 1. The van der Waals surface area contributed by atoms with E-state index in [1.807, 2.05) is 31.2 Å². The quantitative estimate of drug-likeness (QED) is 0.614. The molecule has 0 unspecified atom stereocenters. The van der Waals surface area contributed by atoms with Gasteiger partial charge < -0.3 is 14.6 Å². The van der Waals surface area contributed by atoms with Gasteiger partial charge in [0.05, 0.1) is 18.6 Å². The molecule has 0 aliphatic heterocycles. The van der Waals surface area contributed by atoms with Crippen molar-refractivity contribution in [3.8, 4) is 0 Å². The fourth-order valence-electron chi connectivity index (χ4n) is 1.50. The van der Waals surface area contributed by atoms with Gasteiger partial charge in [-0.25, -0.2) is 0 Å². The summed E-state index contributed by atoms with van der Waals surface area (Å²) in [7, 11) is 0. The monoisotopic (exact) mass is 232 g/mol. The average Bonchev–Trinajstić information content (AvgIpc) is 2.72. The molecule has 0 amide bonds. The predicted octanol–water partition coefficient (Wildman–Crippen LogP) is 2.83. The maximum Gasteiger partial charge on any atom is 0.177 e. The third-order valence-electron chi connectivity index (χ3n) is 2.26. The number of nitrogens with zero attached hydrogens (tertiary/aromatic N) is 1. The minimum absolute atomic E-state index is 0.598. The first-order chi connectivity index (χ1) is 8.27. The third kappa shape index (κ3) is 3.07. The van der Waals surface area contributed by atoms with Crippen molar-refractivity contribution in [1.82, 2.24) is 5.16 Å². The molecular formula is C13H16N2O2. The molecule has 0 bridgehead atoms. The molecule has 0 aliphatic carbocycles. The van der Waals surface area contributed by atoms with Crippen LogP contribution < -0.4 is 5.32 Å². The number of benzene rings is 1. The Hall–Kier alpha value is -1.81. The van der Waals surface area contributed by atoms with Crippen molar-refractivity contribution in [2.75, 3.05) is 25.1 Å². The van der Waals surface area contributed by atoms with Gasteiger partial charge >= 0.3 is 0 Å². The first-order valence-corrected chi connectivity index (χ1v) is 5.58. The summed E-state index contributed by atoms with van der Waals surface area (Å²) < 4.78 is 10.6. The third-order valence-corrected chi connectivity index (χ3v) is 2.26. The van der Waals surface area contributed by atoms with Crippen LogP contribution in [0.5, 0.6) is 0 Å². The summed E-state index contributed by atoms with van der Waals surface area (Å²) >= 11 is 0. The molecule has 0 saturated heterocycles. The van der Waals surface area contributed by atoms with Gasteiger partial charge in [0, 0.05) is 6.54 Å². The molecule has 1 N–H and O–H groups in total. The van der Waals surface area contributed by atoms with Crippen LogP contribution in [0, 0.1) is 0 Å². The zero-order chi connectivity index (χ0) is 12.1. The van der Waals surface area contributed by atoms with Gasteiger partial charge in [-0.1, -0.05) is 29.4 Å². The molecule has 90 valence electrons. The van der Waals surface area contributed by atoms with Crippen molar-refractivity contribution in [2.45, 2.75) is 6.92 Å². The molecule has 17 heavy (non-hydrogen) atoms. The zero-order valence-corrected chi connectivity index (χ0v) is 9.90. The predicted molar refractivity (Wildman–Crippen MR) is 68.1 cm³/mol. The number of aromatic nitrogens is 1. The summed E-state index contributed by atoms with van der Waals surface area (Å²) in [6.45, 7) is 7.63. The van der Waals surface area contributed by atoms with Crippen LogP contribution in [0.4, 0.5) is 5.82 Å². The average molecular weight is 232 g/mol. The Morgan fingerprint density at radius 3 is 3.12 bits per heavy atom.